The van der Waals surface area contributed by atoms with Gasteiger partial charge in [-0.1, -0.05) is 11.6 Å². The number of rotatable bonds is 5. The molecule has 1 rings (SSSR count). The lowest BCUT2D eigenvalue weighted by molar-refractivity contribution is 0.606. The molecule has 0 aromatic carbocycles. The van der Waals surface area contributed by atoms with Crippen LogP contribution in [0.15, 0.2) is 27.1 Å². The molecule has 0 spiro atoms. The molecule has 1 unspecified atom stereocenters. The molecule has 1 N–H and O–H groups in total. The maximum absolute atomic E-state index is 5.89. The number of aryl methyl sites for hydroxylation is 1. The fraction of sp³-hybridized carbons (Fsp3) is 0.417. The van der Waals surface area contributed by atoms with E-state index in [1.54, 1.807) is 18.4 Å². The van der Waals surface area contributed by atoms with E-state index < -0.39 is 0 Å². The van der Waals surface area contributed by atoms with Crippen LogP contribution in [0.3, 0.4) is 0 Å². The molecule has 0 aliphatic heterocycles. The van der Waals surface area contributed by atoms with Crippen LogP contribution in [0, 0.1) is 0 Å². The summed E-state index contributed by atoms with van der Waals surface area (Å²) < 4.78 is 0.836. The van der Waals surface area contributed by atoms with Crippen LogP contribution in [0.4, 0.5) is 0 Å². The maximum Gasteiger partial charge on any atom is 0.219 e. The van der Waals surface area contributed by atoms with Crippen LogP contribution in [0.2, 0.25) is 4.34 Å². The molecule has 0 aliphatic rings. The smallest absolute Gasteiger partial charge is 0.219 e. The highest BCUT2D eigenvalue weighted by Crippen LogP contribution is 2.22. The number of guanidine groups is 1. The number of nitrogens with one attached hydrogen (secondary N) is 1. The molecule has 4 nitrogen and oxygen atoms in total. The molecule has 1 aromatic rings. The Morgan fingerprint density at radius 3 is 2.94 bits per heavy atom. The zero-order valence-electron chi connectivity index (χ0n) is 10.6. The lowest BCUT2D eigenvalue weighted by Crippen LogP contribution is -2.31. The van der Waals surface area contributed by atoms with E-state index in [1.807, 2.05) is 6.07 Å². The number of hydrogen-bond donors (Lipinski definition) is 1. The van der Waals surface area contributed by atoms with E-state index in [-0.39, 0.29) is 6.04 Å². The third-order valence-corrected chi connectivity index (χ3v) is 3.59. The van der Waals surface area contributed by atoms with Gasteiger partial charge in [-0.15, -0.1) is 11.3 Å². The van der Waals surface area contributed by atoms with Gasteiger partial charge in [0.05, 0.1) is 4.34 Å². The van der Waals surface area contributed by atoms with E-state index in [0.29, 0.717) is 5.96 Å². The molecule has 1 atom stereocenters. The minimum atomic E-state index is 0.284. The summed E-state index contributed by atoms with van der Waals surface area (Å²) in [6.45, 7) is 5.43. The van der Waals surface area contributed by atoms with Gasteiger partial charge in [-0.2, -0.15) is 0 Å². The van der Waals surface area contributed by atoms with Crippen molar-refractivity contribution in [1.29, 1.82) is 0 Å². The van der Waals surface area contributed by atoms with E-state index in [2.05, 4.69) is 40.0 Å². The summed E-state index contributed by atoms with van der Waals surface area (Å²) in [6.07, 6.45) is 3.36. The summed E-state index contributed by atoms with van der Waals surface area (Å²) in [7, 11) is 1.69. The second-order valence-corrected chi connectivity index (χ2v) is 5.56. The third-order valence-electron chi connectivity index (χ3n) is 2.30. The molecule has 0 amide bonds. The van der Waals surface area contributed by atoms with Crippen LogP contribution in [0.1, 0.15) is 18.2 Å². The average molecular weight is 285 g/mol. The molecule has 0 radical (unpaired) electrons. The van der Waals surface area contributed by atoms with E-state index in [9.17, 15) is 0 Å². The Hall–Kier alpha value is -1.20. The fourth-order valence-corrected chi connectivity index (χ4v) is 2.50. The Kier molecular flexibility index (Phi) is 6.60. The maximum atomic E-state index is 5.89. The largest absolute Gasteiger partial charge is 0.352 e. The standard InChI is InChI=1S/C12H17ClN4S/c1-9(17-12(15-3)16-8-14-2)4-5-10-6-7-11(13)18-10/h6-9H,2,4-5H2,1,3H3,(H,15,17)/b16-8-. The molecule has 6 heteroatoms. The van der Waals surface area contributed by atoms with Gasteiger partial charge in [-0.25, -0.2) is 4.99 Å². The molecule has 1 heterocycles. The number of aliphatic imine (C=N–C) groups is 3. The van der Waals surface area contributed by atoms with Gasteiger partial charge in [-0.3, -0.25) is 9.98 Å². The van der Waals surface area contributed by atoms with Crippen molar-refractivity contribution in [3.8, 4) is 0 Å². The lowest BCUT2D eigenvalue weighted by Gasteiger charge is -2.13. The Labute approximate surface area is 117 Å². The van der Waals surface area contributed by atoms with Crippen molar-refractivity contribution in [2.45, 2.75) is 25.8 Å². The summed E-state index contributed by atoms with van der Waals surface area (Å²) in [5.41, 5.74) is 0. The Bertz CT molecular complexity index is 439. The molecule has 0 bridgehead atoms. The molecule has 0 fully saturated rings. The van der Waals surface area contributed by atoms with E-state index in [1.165, 1.54) is 11.2 Å². The van der Waals surface area contributed by atoms with Crippen molar-refractivity contribution in [3.63, 3.8) is 0 Å². The van der Waals surface area contributed by atoms with Crippen LogP contribution in [0.5, 0.6) is 0 Å². The predicted octanol–water partition coefficient (Wildman–Crippen LogP) is 3.03. The molecular weight excluding hydrogens is 268 g/mol. The van der Waals surface area contributed by atoms with Gasteiger partial charge in [-0.05, 0) is 38.6 Å². The van der Waals surface area contributed by atoms with E-state index in [0.717, 1.165) is 17.2 Å². The lowest BCUT2D eigenvalue weighted by atomic mass is 10.1. The number of halogens is 1. The van der Waals surface area contributed by atoms with Crippen LogP contribution in [0.25, 0.3) is 0 Å². The van der Waals surface area contributed by atoms with Gasteiger partial charge < -0.3 is 5.32 Å². The zero-order valence-corrected chi connectivity index (χ0v) is 12.1. The Morgan fingerprint density at radius 1 is 1.61 bits per heavy atom. The minimum absolute atomic E-state index is 0.284. The molecular formula is C12H17ClN4S. The van der Waals surface area contributed by atoms with Crippen molar-refractivity contribution in [3.05, 3.63) is 21.3 Å². The Morgan fingerprint density at radius 2 is 2.39 bits per heavy atom. The second-order valence-electron chi connectivity index (χ2n) is 3.76. The first-order chi connectivity index (χ1) is 8.65. The van der Waals surface area contributed by atoms with Crippen LogP contribution < -0.4 is 5.32 Å². The zero-order chi connectivity index (χ0) is 13.4. The highest BCUT2D eigenvalue weighted by Gasteiger charge is 2.05. The van der Waals surface area contributed by atoms with Gasteiger partial charge in [0, 0.05) is 18.0 Å². The number of hydrogen-bond acceptors (Lipinski definition) is 2. The van der Waals surface area contributed by atoms with Crippen LogP contribution in [-0.2, 0) is 6.42 Å². The third kappa shape index (κ3) is 5.42. The highest BCUT2D eigenvalue weighted by atomic mass is 35.5. The summed E-state index contributed by atoms with van der Waals surface area (Å²) in [6, 6.07) is 4.28. The van der Waals surface area contributed by atoms with Gasteiger partial charge in [0.15, 0.2) is 0 Å². The summed E-state index contributed by atoms with van der Waals surface area (Å²) in [4.78, 5) is 12.9. The molecule has 0 saturated heterocycles. The van der Waals surface area contributed by atoms with Crippen LogP contribution in [-0.4, -0.2) is 32.1 Å². The predicted molar refractivity (Wildman–Crippen MR) is 81.6 cm³/mol. The number of thiophene rings is 1. The van der Waals surface area contributed by atoms with Crippen molar-refractivity contribution in [2.24, 2.45) is 15.0 Å². The highest BCUT2D eigenvalue weighted by molar-refractivity contribution is 7.16. The molecule has 0 saturated carbocycles. The average Bonchev–Trinajstić information content (AvgIpc) is 2.78. The second kappa shape index (κ2) is 8.00. The van der Waals surface area contributed by atoms with Crippen molar-refractivity contribution in [2.75, 3.05) is 7.05 Å². The van der Waals surface area contributed by atoms with Gasteiger partial charge in [0.25, 0.3) is 0 Å². The Balaban J connectivity index is 2.38. The molecule has 1 aromatic heterocycles. The van der Waals surface area contributed by atoms with Crippen molar-refractivity contribution >= 4 is 42.0 Å². The molecule has 0 aliphatic carbocycles. The van der Waals surface area contributed by atoms with Gasteiger partial charge in [0.1, 0.15) is 6.34 Å². The normalized spacial score (nSPS) is 13.8. The SMILES string of the molecule is C=N/C=N\C(=NC)NC(C)CCc1ccc(Cl)s1. The van der Waals surface area contributed by atoms with E-state index >= 15 is 0 Å². The van der Waals surface area contributed by atoms with Crippen molar-refractivity contribution in [1.82, 2.24) is 5.32 Å². The van der Waals surface area contributed by atoms with Gasteiger partial charge in [0.2, 0.25) is 5.96 Å². The monoisotopic (exact) mass is 284 g/mol. The molecule has 98 valence electrons. The van der Waals surface area contributed by atoms with Crippen molar-refractivity contribution < 1.29 is 0 Å². The fourth-order valence-electron chi connectivity index (χ4n) is 1.39. The molecule has 18 heavy (non-hydrogen) atoms. The summed E-state index contributed by atoms with van der Waals surface area (Å²) >= 11 is 7.51. The summed E-state index contributed by atoms with van der Waals surface area (Å²) in [5, 5.41) is 3.21. The van der Waals surface area contributed by atoms with E-state index in [4.69, 9.17) is 11.6 Å². The first-order valence-electron chi connectivity index (χ1n) is 5.61. The van der Waals surface area contributed by atoms with Crippen LogP contribution >= 0.6 is 22.9 Å². The minimum Gasteiger partial charge on any atom is -0.352 e. The summed E-state index contributed by atoms with van der Waals surface area (Å²) in [5.74, 6) is 0.569. The number of nitrogens with zero attached hydrogens (tertiary/aromatic N) is 3. The van der Waals surface area contributed by atoms with Gasteiger partial charge >= 0.3 is 0 Å². The topological polar surface area (TPSA) is 49.1 Å². The first-order valence-corrected chi connectivity index (χ1v) is 6.81. The first kappa shape index (κ1) is 14.9. The quantitative estimate of drug-likeness (QED) is 0.656.